The highest BCUT2D eigenvalue weighted by Gasteiger charge is 2.14. The quantitative estimate of drug-likeness (QED) is 0.606. The molecule has 8 heteroatoms. The Labute approximate surface area is 165 Å². The third-order valence-electron chi connectivity index (χ3n) is 3.86. The van der Waals surface area contributed by atoms with Crippen LogP contribution in [0.3, 0.4) is 0 Å². The van der Waals surface area contributed by atoms with Crippen LogP contribution in [0.2, 0.25) is 10.0 Å². The average Bonchev–Trinajstić information content (AvgIpc) is 3.05. The molecule has 0 saturated heterocycles. The smallest absolute Gasteiger partial charge is 0.312 e. The second-order valence-electron chi connectivity index (χ2n) is 5.80. The predicted molar refractivity (Wildman–Crippen MR) is 102 cm³/mol. The minimum atomic E-state index is -0.551. The van der Waals surface area contributed by atoms with E-state index in [4.69, 9.17) is 32.5 Å². The summed E-state index contributed by atoms with van der Waals surface area (Å²) in [7, 11) is 0. The molecule has 0 fully saturated rings. The van der Waals surface area contributed by atoms with Gasteiger partial charge in [0.25, 0.3) is 5.91 Å². The Balaban J connectivity index is 1.41. The molecule has 140 valence electrons. The fourth-order valence-electron chi connectivity index (χ4n) is 2.51. The van der Waals surface area contributed by atoms with Crippen molar-refractivity contribution in [1.82, 2.24) is 10.5 Å². The van der Waals surface area contributed by atoms with Gasteiger partial charge in [0.1, 0.15) is 5.69 Å². The molecular formula is C19H16Cl2N2O4. The van der Waals surface area contributed by atoms with Gasteiger partial charge in [-0.1, -0.05) is 46.6 Å². The molecule has 2 aromatic carbocycles. The third kappa shape index (κ3) is 5.21. The fourth-order valence-corrected chi connectivity index (χ4v) is 3.01. The number of rotatable bonds is 7. The maximum absolute atomic E-state index is 11.9. The second kappa shape index (κ2) is 8.88. The van der Waals surface area contributed by atoms with E-state index in [2.05, 4.69) is 10.5 Å². The first-order valence-corrected chi connectivity index (χ1v) is 8.98. The lowest BCUT2D eigenvalue weighted by molar-refractivity contribution is -0.147. The summed E-state index contributed by atoms with van der Waals surface area (Å²) >= 11 is 11.9. The second-order valence-corrected chi connectivity index (χ2v) is 6.64. The summed E-state index contributed by atoms with van der Waals surface area (Å²) in [5, 5.41) is 8.39. The van der Waals surface area contributed by atoms with Crippen molar-refractivity contribution in [3.8, 4) is 0 Å². The SMILES string of the molecule is O=C(COC(=O)Cc1noc2ccccc12)NCCc1ccc(Cl)cc1Cl. The van der Waals surface area contributed by atoms with E-state index in [1.54, 1.807) is 24.3 Å². The number of nitrogens with one attached hydrogen (secondary N) is 1. The lowest BCUT2D eigenvalue weighted by atomic mass is 10.1. The molecule has 1 amide bonds. The first-order chi connectivity index (χ1) is 13.0. The molecule has 0 unspecified atom stereocenters. The Kier molecular flexibility index (Phi) is 6.32. The molecule has 3 aromatic rings. The summed E-state index contributed by atoms with van der Waals surface area (Å²) in [6, 6.07) is 12.4. The summed E-state index contributed by atoms with van der Waals surface area (Å²) in [6.07, 6.45) is 0.477. The predicted octanol–water partition coefficient (Wildman–Crippen LogP) is 3.58. The highest BCUT2D eigenvalue weighted by Crippen LogP contribution is 2.21. The van der Waals surface area contributed by atoms with Gasteiger partial charge in [-0.05, 0) is 36.2 Å². The van der Waals surface area contributed by atoms with Crippen LogP contribution in [0.4, 0.5) is 0 Å². The molecule has 0 bridgehead atoms. The number of ether oxygens (including phenoxy) is 1. The number of hydrogen-bond acceptors (Lipinski definition) is 5. The molecule has 1 heterocycles. The molecule has 0 saturated carbocycles. The number of nitrogens with zero attached hydrogens (tertiary/aromatic N) is 1. The fraction of sp³-hybridized carbons (Fsp3) is 0.211. The van der Waals surface area contributed by atoms with E-state index in [0.29, 0.717) is 34.3 Å². The van der Waals surface area contributed by atoms with Crippen molar-refractivity contribution in [3.05, 3.63) is 63.8 Å². The Morgan fingerprint density at radius 3 is 2.78 bits per heavy atom. The van der Waals surface area contributed by atoms with Crippen molar-refractivity contribution >= 4 is 46.0 Å². The van der Waals surface area contributed by atoms with E-state index in [1.165, 1.54) is 0 Å². The summed E-state index contributed by atoms with van der Waals surface area (Å²) < 4.78 is 10.1. The summed E-state index contributed by atoms with van der Waals surface area (Å²) in [5.41, 5.74) is 1.95. The molecule has 27 heavy (non-hydrogen) atoms. The third-order valence-corrected chi connectivity index (χ3v) is 4.45. The van der Waals surface area contributed by atoms with Gasteiger partial charge in [0.2, 0.25) is 0 Å². The minimum absolute atomic E-state index is 0.0648. The standard InChI is InChI=1S/C19H16Cl2N2O4/c20-13-6-5-12(15(21)9-13)7-8-22-18(24)11-26-19(25)10-16-14-3-1-2-4-17(14)27-23-16/h1-6,9H,7-8,10-11H2,(H,22,24). The van der Waals surface area contributed by atoms with Crippen LogP contribution < -0.4 is 5.32 Å². The van der Waals surface area contributed by atoms with Crippen molar-refractivity contribution in [1.29, 1.82) is 0 Å². The van der Waals surface area contributed by atoms with Crippen LogP contribution in [0.25, 0.3) is 11.0 Å². The van der Waals surface area contributed by atoms with Crippen LogP contribution in [-0.2, 0) is 27.2 Å². The molecule has 0 radical (unpaired) electrons. The van der Waals surface area contributed by atoms with Crippen LogP contribution in [-0.4, -0.2) is 30.2 Å². The van der Waals surface area contributed by atoms with Crippen LogP contribution in [0.5, 0.6) is 0 Å². The molecule has 0 aliphatic carbocycles. The lowest BCUT2D eigenvalue weighted by Gasteiger charge is -2.07. The Hall–Kier alpha value is -2.57. The number of fused-ring (bicyclic) bond motifs is 1. The Morgan fingerprint density at radius 1 is 1.15 bits per heavy atom. The molecule has 6 nitrogen and oxygen atoms in total. The monoisotopic (exact) mass is 406 g/mol. The molecule has 0 spiro atoms. The van der Waals surface area contributed by atoms with Gasteiger partial charge in [-0.2, -0.15) is 0 Å². The maximum atomic E-state index is 11.9. The Bertz CT molecular complexity index is 971. The largest absolute Gasteiger partial charge is 0.455 e. The van der Waals surface area contributed by atoms with Gasteiger partial charge in [-0.15, -0.1) is 0 Å². The van der Waals surface area contributed by atoms with Crippen molar-refractivity contribution < 1.29 is 18.8 Å². The molecule has 0 aliphatic rings. The normalized spacial score (nSPS) is 10.7. The Morgan fingerprint density at radius 2 is 1.96 bits per heavy atom. The van der Waals surface area contributed by atoms with Gasteiger partial charge < -0.3 is 14.6 Å². The van der Waals surface area contributed by atoms with Gasteiger partial charge in [0.15, 0.2) is 12.2 Å². The van der Waals surface area contributed by atoms with E-state index < -0.39 is 11.9 Å². The number of carbonyl (C=O) groups excluding carboxylic acids is 2. The van der Waals surface area contributed by atoms with Crippen molar-refractivity contribution in [2.24, 2.45) is 0 Å². The van der Waals surface area contributed by atoms with Crippen LogP contribution in [0, 0.1) is 0 Å². The number of halogens is 2. The number of aromatic nitrogens is 1. The zero-order valence-corrected chi connectivity index (χ0v) is 15.7. The number of amides is 1. The number of esters is 1. The summed E-state index contributed by atoms with van der Waals surface area (Å²) in [6.45, 7) is 0.00856. The van der Waals surface area contributed by atoms with Gasteiger partial charge in [0.05, 0.1) is 6.42 Å². The topological polar surface area (TPSA) is 81.4 Å². The van der Waals surface area contributed by atoms with E-state index in [-0.39, 0.29) is 13.0 Å². The molecule has 3 rings (SSSR count). The first-order valence-electron chi connectivity index (χ1n) is 8.22. The van der Waals surface area contributed by atoms with Crippen LogP contribution in [0.1, 0.15) is 11.3 Å². The highest BCUT2D eigenvalue weighted by atomic mass is 35.5. The number of hydrogen-bond donors (Lipinski definition) is 1. The maximum Gasteiger partial charge on any atom is 0.312 e. The van der Waals surface area contributed by atoms with E-state index >= 15 is 0 Å². The van der Waals surface area contributed by atoms with Crippen LogP contribution >= 0.6 is 23.2 Å². The summed E-state index contributed by atoms with van der Waals surface area (Å²) in [5.74, 6) is -0.941. The summed E-state index contributed by atoms with van der Waals surface area (Å²) in [4.78, 5) is 23.7. The zero-order valence-electron chi connectivity index (χ0n) is 14.2. The van der Waals surface area contributed by atoms with Gasteiger partial charge in [-0.25, -0.2) is 0 Å². The number of carbonyl (C=O) groups is 2. The van der Waals surface area contributed by atoms with Crippen molar-refractivity contribution in [2.45, 2.75) is 12.8 Å². The molecule has 0 aliphatic heterocycles. The van der Waals surface area contributed by atoms with Gasteiger partial charge >= 0.3 is 5.97 Å². The number of para-hydroxylation sites is 1. The van der Waals surface area contributed by atoms with Crippen molar-refractivity contribution in [3.63, 3.8) is 0 Å². The average molecular weight is 407 g/mol. The van der Waals surface area contributed by atoms with Gasteiger partial charge in [0, 0.05) is 22.0 Å². The number of benzene rings is 2. The van der Waals surface area contributed by atoms with Gasteiger partial charge in [-0.3, -0.25) is 9.59 Å². The minimum Gasteiger partial charge on any atom is -0.455 e. The van der Waals surface area contributed by atoms with Crippen molar-refractivity contribution in [2.75, 3.05) is 13.2 Å². The first kappa shape index (κ1) is 19.2. The highest BCUT2D eigenvalue weighted by molar-refractivity contribution is 6.35. The molecule has 1 N–H and O–H groups in total. The van der Waals surface area contributed by atoms with E-state index in [0.717, 1.165) is 10.9 Å². The zero-order chi connectivity index (χ0) is 19.2. The lowest BCUT2D eigenvalue weighted by Crippen LogP contribution is -2.30. The van der Waals surface area contributed by atoms with E-state index in [1.807, 2.05) is 18.2 Å². The molecular weight excluding hydrogens is 391 g/mol. The van der Waals surface area contributed by atoms with Crippen LogP contribution in [0.15, 0.2) is 47.0 Å². The van der Waals surface area contributed by atoms with E-state index in [9.17, 15) is 9.59 Å². The molecule has 0 atom stereocenters. The molecule has 1 aromatic heterocycles.